The fourth-order valence-electron chi connectivity index (χ4n) is 5.49. The Morgan fingerprint density at radius 1 is 1.26 bits per heavy atom. The van der Waals surface area contributed by atoms with Crippen molar-refractivity contribution >= 4 is 46.3 Å². The third-order valence-electron chi connectivity index (χ3n) is 7.74. The van der Waals surface area contributed by atoms with Gasteiger partial charge in [0.2, 0.25) is 0 Å². The third-order valence-corrected chi connectivity index (χ3v) is 8.55. The predicted octanol–water partition coefficient (Wildman–Crippen LogP) is 8.30. The fraction of sp³-hybridized carbons (Fsp3) is 0.387. The molecule has 2 N–H and O–H groups in total. The molecule has 2 aromatic heterocycles. The van der Waals surface area contributed by atoms with Crippen molar-refractivity contribution in [1.29, 1.82) is 0 Å². The van der Waals surface area contributed by atoms with E-state index in [1.165, 1.54) is 0 Å². The van der Waals surface area contributed by atoms with Crippen molar-refractivity contribution in [3.05, 3.63) is 92.1 Å². The number of hydrogen-bond acceptors (Lipinski definition) is 6. The number of aliphatic hydroxyl groups is 1. The number of ether oxygens (including phenoxy) is 1. The van der Waals surface area contributed by atoms with Crippen LogP contribution >= 0.6 is 34.8 Å². The summed E-state index contributed by atoms with van der Waals surface area (Å²) in [4.78, 5) is 11.5. The van der Waals surface area contributed by atoms with Crippen LogP contribution in [0, 0.1) is 0 Å². The van der Waals surface area contributed by atoms with Crippen LogP contribution in [0.25, 0.3) is 5.57 Å². The number of halogens is 3. The predicted molar refractivity (Wildman–Crippen MR) is 162 cm³/mol. The topological polar surface area (TPSA) is 111 Å². The van der Waals surface area contributed by atoms with E-state index in [2.05, 4.69) is 16.8 Å². The number of aromatic carboxylic acids is 1. The summed E-state index contributed by atoms with van der Waals surface area (Å²) in [6.45, 7) is 9.49. The zero-order valence-electron chi connectivity index (χ0n) is 23.5. The first-order valence-corrected chi connectivity index (χ1v) is 14.9. The molecular formula is C31H32Cl3N3O5. The van der Waals surface area contributed by atoms with Crippen LogP contribution in [-0.4, -0.2) is 31.1 Å². The zero-order chi connectivity index (χ0) is 30.3. The molecule has 0 atom stereocenters. The van der Waals surface area contributed by atoms with Gasteiger partial charge in [-0.05, 0) is 70.7 Å². The molecule has 0 unspecified atom stereocenters. The normalized spacial score (nSPS) is 21.2. The number of benzene rings is 1. The summed E-state index contributed by atoms with van der Waals surface area (Å²) in [5, 5.41) is 30.6. The van der Waals surface area contributed by atoms with Gasteiger partial charge >= 0.3 is 5.97 Å². The van der Waals surface area contributed by atoms with Crippen LogP contribution in [0.1, 0.15) is 103 Å². The summed E-state index contributed by atoms with van der Waals surface area (Å²) >= 11 is 19.6. The second-order valence-electron chi connectivity index (χ2n) is 11.2. The molecule has 3 aromatic rings. The highest BCUT2D eigenvalue weighted by Gasteiger charge is 2.47. The van der Waals surface area contributed by atoms with E-state index in [0.29, 0.717) is 50.5 Å². The zero-order valence-corrected chi connectivity index (χ0v) is 25.8. The summed E-state index contributed by atoms with van der Waals surface area (Å²) < 4.78 is 13.6. The van der Waals surface area contributed by atoms with E-state index >= 15 is 0 Å². The summed E-state index contributed by atoms with van der Waals surface area (Å²) in [6.07, 6.45) is 6.03. The smallest absolute Gasteiger partial charge is 0.356 e. The Hall–Kier alpha value is -3.04. The molecule has 2 fully saturated rings. The molecule has 11 heteroatoms. The lowest BCUT2D eigenvalue weighted by Gasteiger charge is -2.44. The van der Waals surface area contributed by atoms with Crippen molar-refractivity contribution in [3.8, 4) is 5.75 Å². The number of aromatic nitrogens is 3. The maximum absolute atomic E-state index is 11.5. The molecule has 0 aliphatic heterocycles. The van der Waals surface area contributed by atoms with Gasteiger partial charge in [-0.25, -0.2) is 4.79 Å². The van der Waals surface area contributed by atoms with Crippen molar-refractivity contribution in [1.82, 2.24) is 14.9 Å². The van der Waals surface area contributed by atoms with E-state index in [0.717, 1.165) is 29.9 Å². The Labute approximate surface area is 259 Å². The van der Waals surface area contributed by atoms with E-state index in [1.807, 2.05) is 13.8 Å². The number of carboxylic acids is 1. The van der Waals surface area contributed by atoms with Crippen molar-refractivity contribution in [2.45, 2.75) is 76.5 Å². The number of hydrogen-bond donors (Lipinski definition) is 2. The Kier molecular flexibility index (Phi) is 8.63. The molecule has 8 nitrogen and oxygen atoms in total. The monoisotopic (exact) mass is 631 g/mol. The average Bonchev–Trinajstić information content (AvgIpc) is 3.50. The molecule has 42 heavy (non-hydrogen) atoms. The first-order valence-electron chi connectivity index (χ1n) is 13.7. The second-order valence-corrected chi connectivity index (χ2v) is 12.6. The van der Waals surface area contributed by atoms with Crippen LogP contribution in [0.2, 0.25) is 5.02 Å². The van der Waals surface area contributed by atoms with Crippen molar-refractivity contribution in [2.75, 3.05) is 0 Å². The molecule has 0 amide bonds. The van der Waals surface area contributed by atoms with Crippen LogP contribution in [0.15, 0.2) is 57.6 Å². The number of nitrogens with zero attached hydrogens (tertiary/aromatic N) is 3. The summed E-state index contributed by atoms with van der Waals surface area (Å²) in [6, 6.07) is 6.80. The van der Waals surface area contributed by atoms with Gasteiger partial charge in [0, 0.05) is 39.7 Å². The van der Waals surface area contributed by atoms with Crippen LogP contribution in [0.5, 0.6) is 5.75 Å². The van der Waals surface area contributed by atoms with Gasteiger partial charge in [-0.1, -0.05) is 58.7 Å². The Bertz CT molecular complexity index is 1590. The van der Waals surface area contributed by atoms with Crippen LogP contribution < -0.4 is 4.74 Å². The molecule has 5 rings (SSSR count). The van der Waals surface area contributed by atoms with E-state index in [9.17, 15) is 15.0 Å². The fourth-order valence-corrected chi connectivity index (χ4v) is 6.39. The molecule has 222 valence electrons. The number of allylic oxidation sites excluding steroid dienone is 5. The van der Waals surface area contributed by atoms with Crippen molar-refractivity contribution < 1.29 is 24.3 Å². The average molecular weight is 633 g/mol. The SMILES string of the molecule is C=C/C=C(Cl)\C(=C(/C)Cl)c1noc(C2CC2)c1COc1ccc(C2(O)CC(c3cc(C(=O)O)nn3C(C)C)C2)c(Cl)c1. The van der Waals surface area contributed by atoms with Gasteiger partial charge < -0.3 is 19.5 Å². The molecule has 1 aromatic carbocycles. The quantitative estimate of drug-likeness (QED) is 0.205. The first kappa shape index (κ1) is 30.4. The molecule has 0 saturated heterocycles. The van der Waals surface area contributed by atoms with Gasteiger partial charge in [0.05, 0.1) is 21.2 Å². The number of rotatable bonds is 11. The highest BCUT2D eigenvalue weighted by Crippen LogP contribution is 2.53. The van der Waals surface area contributed by atoms with E-state index in [-0.39, 0.29) is 30.2 Å². The minimum Gasteiger partial charge on any atom is -0.489 e. The molecule has 2 saturated carbocycles. The van der Waals surface area contributed by atoms with Crippen LogP contribution in [0.3, 0.4) is 0 Å². The minimum atomic E-state index is -1.15. The number of carboxylic acid groups (broad SMARTS) is 1. The Morgan fingerprint density at radius 3 is 2.55 bits per heavy atom. The molecule has 2 aliphatic rings. The molecule has 0 spiro atoms. The van der Waals surface area contributed by atoms with Gasteiger partial charge in [0.1, 0.15) is 23.8 Å². The maximum Gasteiger partial charge on any atom is 0.356 e. The highest BCUT2D eigenvalue weighted by atomic mass is 35.5. The van der Waals surface area contributed by atoms with Crippen LogP contribution in [0.4, 0.5) is 0 Å². The van der Waals surface area contributed by atoms with Gasteiger partial charge in [0.25, 0.3) is 0 Å². The molecular weight excluding hydrogens is 601 g/mol. The molecule has 2 heterocycles. The van der Waals surface area contributed by atoms with Gasteiger partial charge in [-0.3, -0.25) is 4.68 Å². The maximum atomic E-state index is 11.5. The second kappa shape index (κ2) is 11.9. The standard InChI is InChI=1S/C31H32Cl3N3O5/c1-5-6-23(33)27(17(4)32)28-21(29(42-36-28)18-7-8-18)15-41-20-9-10-22(24(34)11-20)31(40)13-19(14-31)26-12-25(30(38)39)35-37(26)16(2)3/h5-6,9-12,16,18-19,40H,1,7-8,13-15H2,2-4H3,(H,38,39)/b23-6+,27-17-. The van der Waals surface area contributed by atoms with Crippen molar-refractivity contribution in [3.63, 3.8) is 0 Å². The highest BCUT2D eigenvalue weighted by molar-refractivity contribution is 6.41. The van der Waals surface area contributed by atoms with E-state index < -0.39 is 11.6 Å². The molecule has 0 bridgehead atoms. The first-order chi connectivity index (χ1) is 19.9. The van der Waals surface area contributed by atoms with Gasteiger partial charge in [-0.2, -0.15) is 5.10 Å². The lowest BCUT2D eigenvalue weighted by atomic mass is 9.66. The van der Waals surface area contributed by atoms with Crippen molar-refractivity contribution in [2.24, 2.45) is 0 Å². The molecule has 2 aliphatic carbocycles. The third kappa shape index (κ3) is 5.91. The van der Waals surface area contributed by atoms with Crippen LogP contribution in [-0.2, 0) is 12.2 Å². The lowest BCUT2D eigenvalue weighted by Crippen LogP contribution is -2.41. The molecule has 0 radical (unpaired) electrons. The summed E-state index contributed by atoms with van der Waals surface area (Å²) in [5.41, 5.74) is 2.08. The van der Waals surface area contributed by atoms with E-state index in [1.54, 1.807) is 48.0 Å². The largest absolute Gasteiger partial charge is 0.489 e. The van der Waals surface area contributed by atoms with E-state index in [4.69, 9.17) is 44.1 Å². The van der Waals surface area contributed by atoms with Gasteiger partial charge in [0.15, 0.2) is 5.69 Å². The minimum absolute atomic E-state index is 0.00249. The summed E-state index contributed by atoms with van der Waals surface area (Å²) in [5.74, 6) is 0.421. The Balaban J connectivity index is 1.34. The van der Waals surface area contributed by atoms with Gasteiger partial charge in [-0.15, -0.1) is 0 Å². The Morgan fingerprint density at radius 2 is 1.98 bits per heavy atom. The number of carbonyl (C=O) groups is 1. The summed E-state index contributed by atoms with van der Waals surface area (Å²) in [7, 11) is 0. The lowest BCUT2D eigenvalue weighted by molar-refractivity contribution is -0.0569.